The molecule has 0 bridgehead atoms. The number of hydrogen-bond donors (Lipinski definition) is 3. The van der Waals surface area contributed by atoms with Crippen molar-refractivity contribution in [1.82, 2.24) is 0 Å². The Labute approximate surface area is 57.6 Å². The summed E-state index contributed by atoms with van der Waals surface area (Å²) in [5, 5.41) is 8.02. The van der Waals surface area contributed by atoms with Gasteiger partial charge in [-0.2, -0.15) is 0 Å². The maximum Gasteiger partial charge on any atom is 0.469 e. The van der Waals surface area contributed by atoms with Crippen LogP contribution in [-0.2, 0) is 13.8 Å². The molecule has 7 heteroatoms. The van der Waals surface area contributed by atoms with Crippen molar-refractivity contribution in [2.75, 3.05) is 20.0 Å². The number of ether oxygens (including phenoxy) is 1. The van der Waals surface area contributed by atoms with E-state index < -0.39 is 14.6 Å². The van der Waals surface area contributed by atoms with Crippen LogP contribution >= 0.6 is 7.82 Å². The Morgan fingerprint density at radius 1 is 1.30 bits per heavy atom. The summed E-state index contributed by atoms with van der Waals surface area (Å²) in [5.41, 5.74) is 0. The van der Waals surface area contributed by atoms with Crippen LogP contribution in [0.1, 0.15) is 0 Å². The summed E-state index contributed by atoms with van der Waals surface area (Å²) in [6.45, 7) is -0.753. The third-order valence-electron chi connectivity index (χ3n) is 0.578. The molecule has 0 aromatic carbocycles. The Morgan fingerprint density at radius 3 is 2.30 bits per heavy atom. The number of aliphatic hydroxyl groups is 1. The molecule has 0 radical (unpaired) electrons. The second-order valence-electron chi connectivity index (χ2n) is 1.36. The van der Waals surface area contributed by atoms with Gasteiger partial charge in [-0.1, -0.05) is 0 Å². The maximum absolute atomic E-state index is 9.95. The number of aliphatic hydroxyl groups excluding tert-OH is 1. The molecule has 0 atom stereocenters. The van der Waals surface area contributed by atoms with E-state index >= 15 is 0 Å². The first-order valence-electron chi connectivity index (χ1n) is 2.45. The lowest BCUT2D eigenvalue weighted by atomic mass is 10.8. The Hall–Kier alpha value is 0.0300. The van der Waals surface area contributed by atoms with Crippen molar-refractivity contribution in [2.24, 2.45) is 0 Å². The predicted octanol–water partition coefficient (Wildman–Crippen LogP) is -0.938. The molecule has 0 aromatic heterocycles. The molecule has 10 heavy (non-hydrogen) atoms. The molecule has 0 heterocycles. The molecule has 6 nitrogen and oxygen atoms in total. The Kier molecular flexibility index (Phi) is 4.80. The zero-order chi connectivity index (χ0) is 8.04. The third-order valence-corrected chi connectivity index (χ3v) is 1.10. The van der Waals surface area contributed by atoms with E-state index in [9.17, 15) is 4.57 Å². The number of rotatable bonds is 5. The smallest absolute Gasteiger partial charge is 0.371 e. The van der Waals surface area contributed by atoms with Crippen LogP contribution in [0, 0.1) is 0 Å². The number of phosphoric ester groups is 1. The summed E-state index contributed by atoms with van der Waals surface area (Å²) < 4.78 is 18.2. The highest BCUT2D eigenvalue weighted by Crippen LogP contribution is 2.35. The van der Waals surface area contributed by atoms with Crippen molar-refractivity contribution in [2.45, 2.75) is 0 Å². The van der Waals surface area contributed by atoms with E-state index in [2.05, 4.69) is 9.26 Å². The molecule has 0 rings (SSSR count). The zero-order valence-corrected chi connectivity index (χ0v) is 6.03. The topological polar surface area (TPSA) is 96.2 Å². The highest BCUT2D eigenvalue weighted by Gasteiger charge is 2.12. The lowest BCUT2D eigenvalue weighted by molar-refractivity contribution is -0.0157. The molecule has 0 aliphatic carbocycles. The largest absolute Gasteiger partial charge is 0.469 e. The first-order valence-corrected chi connectivity index (χ1v) is 3.98. The van der Waals surface area contributed by atoms with Crippen LogP contribution in [0.3, 0.4) is 0 Å². The summed E-state index contributed by atoms with van der Waals surface area (Å²) >= 11 is 0. The van der Waals surface area contributed by atoms with Crippen molar-refractivity contribution < 1.29 is 28.7 Å². The minimum absolute atomic E-state index is 0.0401. The minimum Gasteiger partial charge on any atom is -0.371 e. The van der Waals surface area contributed by atoms with E-state index in [1.165, 1.54) is 0 Å². The third kappa shape index (κ3) is 8.03. The van der Waals surface area contributed by atoms with Gasteiger partial charge in [-0.25, -0.2) is 4.57 Å². The molecular formula is C3H9O6P. The van der Waals surface area contributed by atoms with Crippen LogP contribution in [0.25, 0.3) is 0 Å². The Bertz CT molecular complexity index is 118. The normalized spacial score (nSPS) is 11.9. The summed E-state index contributed by atoms with van der Waals surface area (Å²) in [6, 6.07) is 0. The fourth-order valence-corrected chi connectivity index (χ4v) is 0.592. The molecular weight excluding hydrogens is 163 g/mol. The average Bonchev–Trinajstić information content (AvgIpc) is 1.78. The molecule has 0 amide bonds. The fourth-order valence-electron chi connectivity index (χ4n) is 0.280. The first kappa shape index (κ1) is 10.0. The van der Waals surface area contributed by atoms with E-state index in [0.29, 0.717) is 0 Å². The molecule has 0 aliphatic rings. The van der Waals surface area contributed by atoms with Gasteiger partial charge in [-0.15, -0.1) is 0 Å². The van der Waals surface area contributed by atoms with Crippen LogP contribution < -0.4 is 0 Å². The van der Waals surface area contributed by atoms with E-state index in [1.807, 2.05) is 0 Å². The fraction of sp³-hybridized carbons (Fsp3) is 1.00. The molecule has 0 fully saturated rings. The van der Waals surface area contributed by atoms with E-state index in [4.69, 9.17) is 14.9 Å². The minimum atomic E-state index is -4.37. The van der Waals surface area contributed by atoms with Gasteiger partial charge in [0.1, 0.15) is 6.79 Å². The lowest BCUT2D eigenvalue weighted by Gasteiger charge is -2.03. The summed E-state index contributed by atoms with van der Waals surface area (Å²) in [4.78, 5) is 16.2. The van der Waals surface area contributed by atoms with Crippen LogP contribution in [0.2, 0.25) is 0 Å². The predicted molar refractivity (Wildman–Crippen MR) is 31.0 cm³/mol. The zero-order valence-electron chi connectivity index (χ0n) is 5.13. The SMILES string of the molecule is O=P(O)(O)OCCOCO. The quantitative estimate of drug-likeness (QED) is 0.281. The summed E-state index contributed by atoms with van der Waals surface area (Å²) in [5.74, 6) is 0. The van der Waals surface area contributed by atoms with Gasteiger partial charge in [0.2, 0.25) is 0 Å². The first-order chi connectivity index (χ1) is 4.56. The molecule has 62 valence electrons. The average molecular weight is 172 g/mol. The van der Waals surface area contributed by atoms with Gasteiger partial charge in [0.15, 0.2) is 0 Å². The Balaban J connectivity index is 3.13. The van der Waals surface area contributed by atoms with Gasteiger partial charge in [0.05, 0.1) is 13.2 Å². The number of hydrogen-bond acceptors (Lipinski definition) is 4. The van der Waals surface area contributed by atoms with Crippen molar-refractivity contribution in [3.63, 3.8) is 0 Å². The van der Waals surface area contributed by atoms with Crippen LogP contribution in [0.5, 0.6) is 0 Å². The molecule has 0 spiro atoms. The molecule has 0 saturated heterocycles. The van der Waals surface area contributed by atoms with Crippen LogP contribution in [0.4, 0.5) is 0 Å². The summed E-state index contributed by atoms with van der Waals surface area (Å²) in [7, 11) is -4.37. The molecule has 3 N–H and O–H groups in total. The van der Waals surface area contributed by atoms with Gasteiger partial charge >= 0.3 is 7.82 Å². The van der Waals surface area contributed by atoms with Gasteiger partial charge in [-0.3, -0.25) is 4.52 Å². The van der Waals surface area contributed by atoms with Gasteiger partial charge in [0.25, 0.3) is 0 Å². The standard InChI is InChI=1S/C3H9O6P/c4-3-8-1-2-9-10(5,6)7/h4H,1-3H2,(H2,5,6,7). The Morgan fingerprint density at radius 2 is 1.90 bits per heavy atom. The molecule has 0 aliphatic heterocycles. The van der Waals surface area contributed by atoms with E-state index in [1.54, 1.807) is 0 Å². The van der Waals surface area contributed by atoms with E-state index in [0.717, 1.165) is 0 Å². The summed E-state index contributed by atoms with van der Waals surface area (Å²) in [6.07, 6.45) is 0. The second-order valence-corrected chi connectivity index (χ2v) is 2.60. The monoisotopic (exact) mass is 172 g/mol. The molecule has 0 saturated carbocycles. The highest BCUT2D eigenvalue weighted by atomic mass is 31.2. The second kappa shape index (κ2) is 4.79. The van der Waals surface area contributed by atoms with Crippen molar-refractivity contribution in [1.29, 1.82) is 0 Å². The number of phosphoric acid groups is 1. The van der Waals surface area contributed by atoms with Crippen molar-refractivity contribution >= 4 is 7.82 Å². The molecule has 0 unspecified atom stereocenters. The maximum atomic E-state index is 9.95. The van der Waals surface area contributed by atoms with Gasteiger partial charge < -0.3 is 19.6 Å². The van der Waals surface area contributed by atoms with E-state index in [-0.39, 0.29) is 13.2 Å². The van der Waals surface area contributed by atoms with Crippen molar-refractivity contribution in [3.8, 4) is 0 Å². The van der Waals surface area contributed by atoms with Crippen LogP contribution in [-0.4, -0.2) is 34.9 Å². The van der Waals surface area contributed by atoms with Crippen LogP contribution in [0.15, 0.2) is 0 Å². The lowest BCUT2D eigenvalue weighted by Crippen LogP contribution is -2.03. The van der Waals surface area contributed by atoms with Gasteiger partial charge in [-0.05, 0) is 0 Å². The molecule has 0 aromatic rings. The van der Waals surface area contributed by atoms with Gasteiger partial charge in [0, 0.05) is 0 Å². The van der Waals surface area contributed by atoms with Crippen molar-refractivity contribution in [3.05, 3.63) is 0 Å². The highest BCUT2D eigenvalue weighted by molar-refractivity contribution is 7.46.